The molecule has 6 heteroatoms. The van der Waals surface area contributed by atoms with Gasteiger partial charge in [-0.25, -0.2) is 4.68 Å². The van der Waals surface area contributed by atoms with E-state index in [-0.39, 0.29) is 12.3 Å². The summed E-state index contributed by atoms with van der Waals surface area (Å²) in [7, 11) is -1.10. The van der Waals surface area contributed by atoms with Crippen molar-refractivity contribution in [3.8, 4) is 0 Å². The molecule has 0 spiro atoms. The van der Waals surface area contributed by atoms with Crippen molar-refractivity contribution in [2.24, 2.45) is 0 Å². The van der Waals surface area contributed by atoms with E-state index in [9.17, 15) is 4.79 Å². The summed E-state index contributed by atoms with van der Waals surface area (Å²) in [4.78, 5) is 11.9. The monoisotopic (exact) mass is 296 g/mol. The van der Waals surface area contributed by atoms with Gasteiger partial charge in [-0.05, 0) is 13.0 Å². The van der Waals surface area contributed by atoms with Crippen LogP contribution in [0.25, 0.3) is 5.76 Å². The lowest BCUT2D eigenvalue weighted by atomic mass is 10.3. The molecule has 5 nitrogen and oxygen atoms in total. The molecule has 0 N–H and O–H groups in total. The van der Waals surface area contributed by atoms with Gasteiger partial charge in [0.15, 0.2) is 0 Å². The molecule has 0 fully saturated rings. The van der Waals surface area contributed by atoms with Crippen LogP contribution in [-0.2, 0) is 16.2 Å². The van der Waals surface area contributed by atoms with Crippen molar-refractivity contribution in [3.05, 3.63) is 34.8 Å². The van der Waals surface area contributed by atoms with Gasteiger partial charge in [0.05, 0.1) is 12.8 Å². The summed E-state index contributed by atoms with van der Waals surface area (Å²) in [6.45, 7) is 13.8. The molecule has 0 aliphatic heterocycles. The fourth-order valence-electron chi connectivity index (χ4n) is 1.47. The van der Waals surface area contributed by atoms with Crippen LogP contribution in [0.3, 0.4) is 0 Å². The molecule has 20 heavy (non-hydrogen) atoms. The van der Waals surface area contributed by atoms with Crippen LogP contribution >= 0.6 is 0 Å². The molecular formula is C14H24N2O3Si. The Kier molecular flexibility index (Phi) is 6.16. The first-order valence-corrected chi connectivity index (χ1v) is 10.5. The molecule has 0 saturated carbocycles. The van der Waals surface area contributed by atoms with Gasteiger partial charge < -0.3 is 9.47 Å². The Labute approximate surface area is 121 Å². The van der Waals surface area contributed by atoms with Crippen LogP contribution in [0, 0.1) is 0 Å². The van der Waals surface area contributed by atoms with Gasteiger partial charge in [0.25, 0.3) is 5.56 Å². The smallest absolute Gasteiger partial charge is 0.269 e. The van der Waals surface area contributed by atoms with Crippen LogP contribution in [0.4, 0.5) is 0 Å². The molecule has 0 aliphatic rings. The summed E-state index contributed by atoms with van der Waals surface area (Å²) in [6, 6.07) is 2.54. The van der Waals surface area contributed by atoms with Gasteiger partial charge in [0.1, 0.15) is 12.5 Å². The lowest BCUT2D eigenvalue weighted by molar-refractivity contribution is 0.0749. The maximum atomic E-state index is 11.9. The summed E-state index contributed by atoms with van der Waals surface area (Å²) in [6.07, 6.45) is 1.57. The first kappa shape index (κ1) is 16.7. The molecule has 1 rings (SSSR count). The van der Waals surface area contributed by atoms with Crippen LogP contribution in [0.2, 0.25) is 25.7 Å². The Morgan fingerprint density at radius 1 is 1.45 bits per heavy atom. The van der Waals surface area contributed by atoms with Gasteiger partial charge in [0, 0.05) is 26.3 Å². The number of hydrogen-bond donors (Lipinski definition) is 0. The van der Waals surface area contributed by atoms with Crippen LogP contribution in [0.15, 0.2) is 23.6 Å². The Morgan fingerprint density at radius 2 is 2.15 bits per heavy atom. The largest absolute Gasteiger partial charge is 0.494 e. The zero-order chi connectivity index (χ0) is 15.2. The Balaban J connectivity index is 2.56. The predicted octanol–water partition coefficient (Wildman–Crippen LogP) is 2.56. The van der Waals surface area contributed by atoms with Crippen LogP contribution in [0.5, 0.6) is 0 Å². The quantitative estimate of drug-likeness (QED) is 0.420. The van der Waals surface area contributed by atoms with Crippen LogP contribution < -0.4 is 5.56 Å². The van der Waals surface area contributed by atoms with E-state index in [1.54, 1.807) is 6.20 Å². The molecule has 0 unspecified atom stereocenters. The van der Waals surface area contributed by atoms with Crippen molar-refractivity contribution in [2.45, 2.75) is 39.3 Å². The van der Waals surface area contributed by atoms with Gasteiger partial charge in [-0.15, -0.1) is 0 Å². The van der Waals surface area contributed by atoms with Crippen molar-refractivity contribution in [1.82, 2.24) is 9.78 Å². The topological polar surface area (TPSA) is 53.4 Å². The molecule has 0 aliphatic carbocycles. The van der Waals surface area contributed by atoms with Gasteiger partial charge in [-0.3, -0.25) is 4.79 Å². The van der Waals surface area contributed by atoms with E-state index in [1.807, 2.05) is 6.92 Å². The number of rotatable bonds is 8. The summed E-state index contributed by atoms with van der Waals surface area (Å²) < 4.78 is 12.1. The minimum atomic E-state index is -1.10. The number of ether oxygens (including phenoxy) is 2. The fourth-order valence-corrected chi connectivity index (χ4v) is 2.23. The lowest BCUT2D eigenvalue weighted by Gasteiger charge is -2.15. The highest BCUT2D eigenvalue weighted by molar-refractivity contribution is 6.76. The third-order valence-electron chi connectivity index (χ3n) is 2.72. The highest BCUT2D eigenvalue weighted by Crippen LogP contribution is 2.10. The van der Waals surface area contributed by atoms with Gasteiger partial charge >= 0.3 is 0 Å². The second-order valence-electron chi connectivity index (χ2n) is 5.79. The summed E-state index contributed by atoms with van der Waals surface area (Å²) in [5.41, 5.74) is 0.395. The van der Waals surface area contributed by atoms with E-state index in [0.29, 0.717) is 24.5 Å². The average Bonchev–Trinajstić information content (AvgIpc) is 2.35. The Hall–Kier alpha value is -1.40. The first-order valence-electron chi connectivity index (χ1n) is 6.80. The van der Waals surface area contributed by atoms with Gasteiger partial charge in [-0.2, -0.15) is 5.10 Å². The minimum absolute atomic E-state index is 0.185. The molecule has 0 saturated heterocycles. The molecule has 1 heterocycles. The third kappa shape index (κ3) is 5.71. The summed E-state index contributed by atoms with van der Waals surface area (Å²) >= 11 is 0. The second-order valence-corrected chi connectivity index (χ2v) is 11.4. The van der Waals surface area contributed by atoms with Crippen LogP contribution in [-0.4, -0.2) is 31.1 Å². The standard InChI is InChI=1S/C14H24N2O3Si/c1-6-19-12(2)13-9-14(17)16(15-10-13)11-18-7-8-20(3,4)5/h9-10H,2,6-8,11H2,1,3-5H3. The lowest BCUT2D eigenvalue weighted by Crippen LogP contribution is -2.26. The number of aromatic nitrogens is 2. The van der Waals surface area contributed by atoms with E-state index < -0.39 is 8.07 Å². The minimum Gasteiger partial charge on any atom is -0.494 e. The molecule has 112 valence electrons. The maximum Gasteiger partial charge on any atom is 0.269 e. The van der Waals surface area contributed by atoms with Gasteiger partial charge in [0.2, 0.25) is 0 Å². The predicted molar refractivity (Wildman–Crippen MR) is 83.3 cm³/mol. The third-order valence-corrected chi connectivity index (χ3v) is 4.42. The van der Waals surface area contributed by atoms with Crippen LogP contribution in [0.1, 0.15) is 12.5 Å². The zero-order valence-corrected chi connectivity index (χ0v) is 13.8. The van der Waals surface area contributed by atoms with E-state index in [4.69, 9.17) is 9.47 Å². The molecule has 0 radical (unpaired) electrons. The zero-order valence-electron chi connectivity index (χ0n) is 12.8. The normalized spacial score (nSPS) is 11.4. The average molecular weight is 296 g/mol. The van der Waals surface area contributed by atoms with Gasteiger partial charge in [-0.1, -0.05) is 26.2 Å². The molecule has 0 aromatic carbocycles. The first-order chi connectivity index (χ1) is 9.33. The van der Waals surface area contributed by atoms with E-state index in [2.05, 4.69) is 31.3 Å². The van der Waals surface area contributed by atoms with Crippen molar-refractivity contribution >= 4 is 13.8 Å². The van der Waals surface area contributed by atoms with E-state index in [1.165, 1.54) is 10.7 Å². The molecule has 0 atom stereocenters. The van der Waals surface area contributed by atoms with Crippen molar-refractivity contribution < 1.29 is 9.47 Å². The number of hydrogen-bond acceptors (Lipinski definition) is 4. The molecular weight excluding hydrogens is 272 g/mol. The van der Waals surface area contributed by atoms with Crippen molar-refractivity contribution in [1.29, 1.82) is 0 Å². The summed E-state index contributed by atoms with van der Waals surface area (Å²) in [5.74, 6) is 0.462. The van der Waals surface area contributed by atoms with Crippen molar-refractivity contribution in [3.63, 3.8) is 0 Å². The molecule has 0 bridgehead atoms. The highest BCUT2D eigenvalue weighted by atomic mass is 28.3. The second kappa shape index (κ2) is 7.40. The van der Waals surface area contributed by atoms with E-state index >= 15 is 0 Å². The fraction of sp³-hybridized carbons (Fsp3) is 0.571. The SMILES string of the molecule is C=C(OCC)c1cnn(COCC[Si](C)(C)C)c(=O)c1. The molecule has 1 aromatic rings. The molecule has 1 aromatic heterocycles. The number of nitrogens with zero attached hydrogens (tertiary/aromatic N) is 2. The molecule has 0 amide bonds. The highest BCUT2D eigenvalue weighted by Gasteiger charge is 2.12. The summed E-state index contributed by atoms with van der Waals surface area (Å²) in [5, 5.41) is 4.07. The van der Waals surface area contributed by atoms with E-state index in [0.717, 1.165) is 6.04 Å². The Bertz CT molecular complexity index is 506. The van der Waals surface area contributed by atoms with Crippen molar-refractivity contribution in [2.75, 3.05) is 13.2 Å². The maximum absolute atomic E-state index is 11.9. The Morgan fingerprint density at radius 3 is 2.70 bits per heavy atom.